The number of carboxylic acids is 1. The largest absolute Gasteiger partial charge is 0.481 e. The van der Waals surface area contributed by atoms with Crippen molar-refractivity contribution in [2.75, 3.05) is 0 Å². The molecule has 88 valence electrons. The summed E-state index contributed by atoms with van der Waals surface area (Å²) in [5.74, 6) is -0.774. The zero-order valence-corrected chi connectivity index (χ0v) is 10.0. The Labute approximate surface area is 93.4 Å². The number of aliphatic carboxylic acids is 1. The van der Waals surface area contributed by atoms with Crippen LogP contribution in [0.3, 0.4) is 0 Å². The van der Waals surface area contributed by atoms with Crippen LogP contribution in [0.2, 0.25) is 0 Å². The molecule has 0 aliphatic heterocycles. The normalized spacial score (nSPS) is 13.2. The Morgan fingerprint density at radius 1 is 1.20 bits per heavy atom. The first-order valence-corrected chi connectivity index (χ1v) is 6.10. The Morgan fingerprint density at radius 2 is 1.87 bits per heavy atom. The van der Waals surface area contributed by atoms with Gasteiger partial charge in [-0.15, -0.1) is 0 Å². The second-order valence-electron chi connectivity index (χ2n) is 3.99. The summed E-state index contributed by atoms with van der Waals surface area (Å²) in [6, 6.07) is 0. The van der Waals surface area contributed by atoms with Gasteiger partial charge in [-0.25, -0.2) is 0 Å². The predicted octanol–water partition coefficient (Wildman–Crippen LogP) is 4.01. The van der Waals surface area contributed by atoms with Gasteiger partial charge in [-0.05, 0) is 32.1 Å². The second-order valence-corrected chi connectivity index (χ2v) is 3.99. The second kappa shape index (κ2) is 9.75. The monoisotopic (exact) mass is 212 g/mol. The molecule has 0 saturated carbocycles. The lowest BCUT2D eigenvalue weighted by atomic mass is 9.99. The molecule has 0 aromatic heterocycles. The van der Waals surface area contributed by atoms with E-state index in [1.54, 1.807) is 0 Å². The number of unbranched alkanes of at least 4 members (excludes halogenated alkanes) is 3. The van der Waals surface area contributed by atoms with Crippen molar-refractivity contribution in [3.8, 4) is 0 Å². The summed E-state index contributed by atoms with van der Waals surface area (Å²) in [6.45, 7) is 4.11. The Bertz CT molecular complexity index is 185. The molecule has 0 aromatic rings. The topological polar surface area (TPSA) is 37.3 Å². The van der Waals surface area contributed by atoms with Crippen molar-refractivity contribution in [1.82, 2.24) is 0 Å². The van der Waals surface area contributed by atoms with E-state index in [0.717, 1.165) is 38.5 Å². The van der Waals surface area contributed by atoms with Crippen LogP contribution >= 0.6 is 0 Å². The quantitative estimate of drug-likeness (QED) is 0.463. The summed E-state index contributed by atoms with van der Waals surface area (Å²) in [4.78, 5) is 10.7. The molecule has 0 radical (unpaired) electrons. The van der Waals surface area contributed by atoms with Gasteiger partial charge < -0.3 is 5.11 Å². The van der Waals surface area contributed by atoms with E-state index in [4.69, 9.17) is 5.11 Å². The fraction of sp³-hybridized carbons (Fsp3) is 0.769. The third-order valence-corrected chi connectivity index (χ3v) is 2.64. The van der Waals surface area contributed by atoms with Gasteiger partial charge in [0, 0.05) is 0 Å². The van der Waals surface area contributed by atoms with Crippen LogP contribution in [0, 0.1) is 5.92 Å². The lowest BCUT2D eigenvalue weighted by Crippen LogP contribution is -2.12. The van der Waals surface area contributed by atoms with Crippen molar-refractivity contribution >= 4 is 5.97 Å². The smallest absolute Gasteiger partial charge is 0.306 e. The van der Waals surface area contributed by atoms with Crippen LogP contribution in [0.1, 0.15) is 58.8 Å². The number of rotatable bonds is 9. The molecule has 0 aliphatic rings. The molecule has 0 spiro atoms. The Kier molecular flexibility index (Phi) is 9.24. The van der Waals surface area contributed by atoms with Crippen molar-refractivity contribution < 1.29 is 9.90 Å². The average molecular weight is 212 g/mol. The molecule has 0 bridgehead atoms. The highest BCUT2D eigenvalue weighted by atomic mass is 16.4. The maximum atomic E-state index is 10.7. The Balaban J connectivity index is 3.40. The minimum Gasteiger partial charge on any atom is -0.481 e. The number of carbonyl (C=O) groups is 1. The maximum absolute atomic E-state index is 10.7. The van der Waals surface area contributed by atoms with Gasteiger partial charge in [-0.1, -0.05) is 38.8 Å². The van der Waals surface area contributed by atoms with Crippen LogP contribution in [0.5, 0.6) is 0 Å². The molecule has 2 nitrogen and oxygen atoms in total. The highest BCUT2D eigenvalue weighted by Crippen LogP contribution is 2.13. The third kappa shape index (κ3) is 8.22. The van der Waals surface area contributed by atoms with Gasteiger partial charge in [0.25, 0.3) is 0 Å². The van der Waals surface area contributed by atoms with E-state index in [1.807, 2.05) is 6.92 Å². The van der Waals surface area contributed by atoms with E-state index in [-0.39, 0.29) is 5.92 Å². The van der Waals surface area contributed by atoms with E-state index >= 15 is 0 Å². The number of hydrogen-bond acceptors (Lipinski definition) is 1. The van der Waals surface area contributed by atoms with Crippen LogP contribution in [0.25, 0.3) is 0 Å². The fourth-order valence-corrected chi connectivity index (χ4v) is 1.56. The van der Waals surface area contributed by atoms with Crippen LogP contribution in [-0.4, -0.2) is 11.1 Å². The van der Waals surface area contributed by atoms with Crippen molar-refractivity contribution in [3.05, 3.63) is 12.2 Å². The van der Waals surface area contributed by atoms with Crippen LogP contribution in [-0.2, 0) is 4.79 Å². The van der Waals surface area contributed by atoms with E-state index in [0.29, 0.717) is 0 Å². The van der Waals surface area contributed by atoms with Crippen molar-refractivity contribution in [3.63, 3.8) is 0 Å². The van der Waals surface area contributed by atoms with E-state index in [2.05, 4.69) is 19.1 Å². The molecule has 0 heterocycles. The first kappa shape index (κ1) is 14.2. The zero-order chi connectivity index (χ0) is 11.5. The number of allylic oxidation sites excluding steroid dienone is 2. The van der Waals surface area contributed by atoms with Gasteiger partial charge in [0.15, 0.2) is 0 Å². The lowest BCUT2D eigenvalue weighted by molar-refractivity contribution is -0.142. The third-order valence-electron chi connectivity index (χ3n) is 2.64. The molecule has 0 aromatic carbocycles. The van der Waals surface area contributed by atoms with Crippen LogP contribution in [0.4, 0.5) is 0 Å². The molecular weight excluding hydrogens is 188 g/mol. The minimum atomic E-state index is -0.640. The lowest BCUT2D eigenvalue weighted by Gasteiger charge is -2.07. The summed E-state index contributed by atoms with van der Waals surface area (Å²) in [5, 5.41) is 8.83. The number of hydrogen-bond donors (Lipinski definition) is 1. The highest BCUT2D eigenvalue weighted by Gasteiger charge is 2.13. The van der Waals surface area contributed by atoms with E-state index in [9.17, 15) is 4.79 Å². The molecule has 0 aliphatic carbocycles. The molecule has 0 fully saturated rings. The van der Waals surface area contributed by atoms with Gasteiger partial charge in [-0.2, -0.15) is 0 Å². The molecule has 1 atom stereocenters. The maximum Gasteiger partial charge on any atom is 0.306 e. The molecule has 15 heavy (non-hydrogen) atoms. The van der Waals surface area contributed by atoms with Crippen LogP contribution in [0.15, 0.2) is 12.2 Å². The predicted molar refractivity (Wildman–Crippen MR) is 63.9 cm³/mol. The first-order chi connectivity index (χ1) is 7.22. The molecule has 0 saturated heterocycles. The fourth-order valence-electron chi connectivity index (χ4n) is 1.56. The molecular formula is C13H24O2. The van der Waals surface area contributed by atoms with Gasteiger partial charge >= 0.3 is 5.97 Å². The summed E-state index contributed by atoms with van der Waals surface area (Å²) in [6.07, 6.45) is 11.6. The molecule has 2 heteroatoms. The van der Waals surface area contributed by atoms with Gasteiger partial charge in [0.05, 0.1) is 5.92 Å². The zero-order valence-electron chi connectivity index (χ0n) is 10.0. The van der Waals surface area contributed by atoms with Crippen molar-refractivity contribution in [2.24, 2.45) is 5.92 Å². The van der Waals surface area contributed by atoms with Crippen molar-refractivity contribution in [1.29, 1.82) is 0 Å². The average Bonchev–Trinajstić information content (AvgIpc) is 2.21. The summed E-state index contributed by atoms with van der Waals surface area (Å²) in [5.41, 5.74) is 0. The summed E-state index contributed by atoms with van der Waals surface area (Å²) < 4.78 is 0. The van der Waals surface area contributed by atoms with Gasteiger partial charge in [-0.3, -0.25) is 4.79 Å². The molecule has 1 N–H and O–H groups in total. The van der Waals surface area contributed by atoms with E-state index < -0.39 is 5.97 Å². The van der Waals surface area contributed by atoms with E-state index in [1.165, 1.54) is 6.42 Å². The van der Waals surface area contributed by atoms with Crippen molar-refractivity contribution in [2.45, 2.75) is 58.8 Å². The first-order valence-electron chi connectivity index (χ1n) is 6.10. The molecule has 0 rings (SSSR count). The number of carboxylic acid groups (broad SMARTS) is 1. The van der Waals surface area contributed by atoms with Gasteiger partial charge in [0.1, 0.15) is 0 Å². The van der Waals surface area contributed by atoms with Crippen LogP contribution < -0.4 is 0 Å². The standard InChI is InChI=1S/C13H24O2/c1-3-5-6-7-8-9-10-11-12(4-2)13(14)15/h6-7,12H,3-5,8-11H2,1-2H3,(H,14,15). The minimum absolute atomic E-state index is 0.135. The Morgan fingerprint density at radius 3 is 2.40 bits per heavy atom. The Hall–Kier alpha value is -0.790. The summed E-state index contributed by atoms with van der Waals surface area (Å²) in [7, 11) is 0. The van der Waals surface area contributed by atoms with Gasteiger partial charge in [0.2, 0.25) is 0 Å². The highest BCUT2D eigenvalue weighted by molar-refractivity contribution is 5.69. The SMILES string of the molecule is CCCC=CCCCCC(CC)C(=O)O. The summed E-state index contributed by atoms with van der Waals surface area (Å²) >= 11 is 0. The molecule has 0 amide bonds. The molecule has 1 unspecified atom stereocenters.